The molecule has 3 aromatic rings. The van der Waals surface area contributed by atoms with Crippen molar-refractivity contribution < 1.29 is 0 Å². The lowest BCUT2D eigenvalue weighted by atomic mass is 10.1. The Bertz CT molecular complexity index is 823. The summed E-state index contributed by atoms with van der Waals surface area (Å²) in [6, 6.07) is 18.7. The molecular weight excluding hydrogens is 322 g/mol. The van der Waals surface area contributed by atoms with Gasteiger partial charge in [-0.05, 0) is 32.1 Å². The molecule has 0 amide bonds. The average Bonchev–Trinajstić information content (AvgIpc) is 3.04. The lowest BCUT2D eigenvalue weighted by Gasteiger charge is -2.09. The van der Waals surface area contributed by atoms with Crippen LogP contribution in [0.3, 0.4) is 0 Å². The Morgan fingerprint density at radius 1 is 0.962 bits per heavy atom. The molecule has 0 spiro atoms. The number of benzene rings is 2. The number of aromatic nitrogens is 3. The number of hydrogen-bond acceptors (Lipinski definition) is 4. The molecule has 0 unspecified atom stereocenters. The van der Waals surface area contributed by atoms with Gasteiger partial charge in [0.25, 0.3) is 0 Å². The molecule has 0 bridgehead atoms. The van der Waals surface area contributed by atoms with Crippen LogP contribution in [0.25, 0.3) is 11.3 Å². The number of rotatable bonds is 8. The Morgan fingerprint density at radius 3 is 2.42 bits per heavy atom. The predicted octanol–water partition coefficient (Wildman–Crippen LogP) is 2.95. The van der Waals surface area contributed by atoms with Gasteiger partial charge in [-0.2, -0.15) is 15.0 Å². The number of hydrogen-bond donors (Lipinski definition) is 1. The highest BCUT2D eigenvalue weighted by molar-refractivity contribution is 5.60. The minimum absolute atomic E-state index is 0.685. The van der Waals surface area contributed by atoms with Crippen LogP contribution in [-0.4, -0.2) is 47.1 Å². The third-order valence-corrected chi connectivity index (χ3v) is 4.37. The molecule has 0 aliphatic rings. The summed E-state index contributed by atoms with van der Waals surface area (Å²) < 4.78 is 0. The lowest BCUT2D eigenvalue weighted by molar-refractivity contribution is 0.399. The molecular formula is C21H27N5. The van der Waals surface area contributed by atoms with Gasteiger partial charge >= 0.3 is 0 Å². The predicted molar refractivity (Wildman–Crippen MR) is 106 cm³/mol. The van der Waals surface area contributed by atoms with Crippen molar-refractivity contribution in [1.29, 1.82) is 0 Å². The molecule has 1 N–H and O–H groups in total. The van der Waals surface area contributed by atoms with Crippen molar-refractivity contribution in [3.05, 3.63) is 71.4 Å². The minimum atomic E-state index is 0.685. The van der Waals surface area contributed by atoms with Crippen molar-refractivity contribution in [3.8, 4) is 11.3 Å². The first-order valence-electron chi connectivity index (χ1n) is 9.03. The molecule has 26 heavy (non-hydrogen) atoms. The van der Waals surface area contributed by atoms with Gasteiger partial charge in [0, 0.05) is 25.2 Å². The van der Waals surface area contributed by atoms with E-state index in [1.807, 2.05) is 23.0 Å². The molecule has 0 radical (unpaired) electrons. The first-order chi connectivity index (χ1) is 12.6. The van der Waals surface area contributed by atoms with E-state index in [2.05, 4.69) is 67.6 Å². The Balaban J connectivity index is 1.81. The lowest BCUT2D eigenvalue weighted by Crippen LogP contribution is -2.26. The summed E-state index contributed by atoms with van der Waals surface area (Å²) in [5.41, 5.74) is 5.55. The zero-order valence-corrected chi connectivity index (χ0v) is 15.8. The van der Waals surface area contributed by atoms with E-state index in [9.17, 15) is 0 Å². The van der Waals surface area contributed by atoms with Gasteiger partial charge in [-0.1, -0.05) is 54.6 Å². The zero-order chi connectivity index (χ0) is 18.4. The van der Waals surface area contributed by atoms with Crippen molar-refractivity contribution in [2.75, 3.05) is 27.2 Å². The van der Waals surface area contributed by atoms with Crippen molar-refractivity contribution in [2.24, 2.45) is 0 Å². The molecule has 2 aromatic carbocycles. The van der Waals surface area contributed by atoms with E-state index in [0.29, 0.717) is 13.1 Å². The van der Waals surface area contributed by atoms with Crippen LogP contribution in [0.1, 0.15) is 16.8 Å². The third-order valence-electron chi connectivity index (χ3n) is 4.37. The van der Waals surface area contributed by atoms with E-state index < -0.39 is 0 Å². The SMILES string of the molecule is Cc1ccccc1Cn1nc(CNCCN(C)C)c(-c2ccccc2)n1. The molecule has 0 fully saturated rings. The Kier molecular flexibility index (Phi) is 6.15. The van der Waals surface area contributed by atoms with Gasteiger partial charge in [-0.3, -0.25) is 0 Å². The van der Waals surface area contributed by atoms with Gasteiger partial charge < -0.3 is 10.2 Å². The second-order valence-electron chi connectivity index (χ2n) is 6.80. The number of nitrogens with zero attached hydrogens (tertiary/aromatic N) is 4. The van der Waals surface area contributed by atoms with Gasteiger partial charge in [-0.25, -0.2) is 0 Å². The van der Waals surface area contributed by atoms with E-state index >= 15 is 0 Å². The van der Waals surface area contributed by atoms with Crippen LogP contribution in [0.5, 0.6) is 0 Å². The van der Waals surface area contributed by atoms with Gasteiger partial charge in [-0.15, -0.1) is 0 Å². The molecule has 0 aliphatic heterocycles. The Labute approximate surface area is 155 Å². The van der Waals surface area contributed by atoms with Crippen LogP contribution >= 0.6 is 0 Å². The minimum Gasteiger partial charge on any atom is -0.310 e. The highest BCUT2D eigenvalue weighted by Gasteiger charge is 2.13. The normalized spacial score (nSPS) is 11.2. The summed E-state index contributed by atoms with van der Waals surface area (Å²) in [5, 5.41) is 13.0. The van der Waals surface area contributed by atoms with Crippen LogP contribution in [0.2, 0.25) is 0 Å². The summed E-state index contributed by atoms with van der Waals surface area (Å²) >= 11 is 0. The van der Waals surface area contributed by atoms with E-state index in [-0.39, 0.29) is 0 Å². The maximum absolute atomic E-state index is 4.79. The van der Waals surface area contributed by atoms with E-state index in [0.717, 1.165) is 30.0 Å². The molecule has 3 rings (SSSR count). The molecule has 0 aliphatic carbocycles. The van der Waals surface area contributed by atoms with Crippen molar-refractivity contribution >= 4 is 0 Å². The fraction of sp³-hybridized carbons (Fsp3) is 0.333. The molecule has 0 saturated carbocycles. The van der Waals surface area contributed by atoms with Crippen LogP contribution in [0.4, 0.5) is 0 Å². The Hall–Kier alpha value is -2.50. The largest absolute Gasteiger partial charge is 0.310 e. The Morgan fingerprint density at radius 2 is 1.69 bits per heavy atom. The van der Waals surface area contributed by atoms with Crippen LogP contribution < -0.4 is 5.32 Å². The smallest absolute Gasteiger partial charge is 0.117 e. The van der Waals surface area contributed by atoms with E-state index in [4.69, 9.17) is 10.2 Å². The first-order valence-corrected chi connectivity index (χ1v) is 9.03. The standard InChI is InChI=1S/C21H27N5/c1-17-9-7-8-12-19(17)16-26-23-20(15-22-13-14-25(2)3)21(24-26)18-10-5-4-6-11-18/h4-12,22H,13-16H2,1-3H3. The second kappa shape index (κ2) is 8.74. The fourth-order valence-electron chi connectivity index (χ4n) is 2.84. The molecule has 0 atom stereocenters. The van der Waals surface area contributed by atoms with Gasteiger partial charge in [0.2, 0.25) is 0 Å². The maximum atomic E-state index is 4.79. The highest BCUT2D eigenvalue weighted by atomic mass is 15.5. The van der Waals surface area contributed by atoms with Crippen LogP contribution in [-0.2, 0) is 13.1 Å². The van der Waals surface area contributed by atoms with Gasteiger partial charge in [0.15, 0.2) is 0 Å². The molecule has 1 aromatic heterocycles. The zero-order valence-electron chi connectivity index (χ0n) is 15.8. The van der Waals surface area contributed by atoms with Gasteiger partial charge in [0.1, 0.15) is 11.4 Å². The average molecular weight is 349 g/mol. The maximum Gasteiger partial charge on any atom is 0.117 e. The van der Waals surface area contributed by atoms with Crippen LogP contribution in [0.15, 0.2) is 54.6 Å². The number of aryl methyl sites for hydroxylation is 1. The van der Waals surface area contributed by atoms with Crippen molar-refractivity contribution in [3.63, 3.8) is 0 Å². The van der Waals surface area contributed by atoms with E-state index in [1.165, 1.54) is 11.1 Å². The fourth-order valence-corrected chi connectivity index (χ4v) is 2.84. The molecule has 136 valence electrons. The quantitative estimate of drug-likeness (QED) is 0.635. The molecule has 0 saturated heterocycles. The van der Waals surface area contributed by atoms with Gasteiger partial charge in [0.05, 0.1) is 6.54 Å². The molecule has 5 nitrogen and oxygen atoms in total. The summed E-state index contributed by atoms with van der Waals surface area (Å²) in [6.45, 7) is 5.45. The highest BCUT2D eigenvalue weighted by Crippen LogP contribution is 2.20. The third kappa shape index (κ3) is 4.77. The number of likely N-dealkylation sites (N-methyl/N-ethyl adjacent to an activating group) is 1. The summed E-state index contributed by atoms with van der Waals surface area (Å²) in [5.74, 6) is 0. The summed E-state index contributed by atoms with van der Waals surface area (Å²) in [7, 11) is 4.16. The van der Waals surface area contributed by atoms with Crippen molar-refractivity contribution in [2.45, 2.75) is 20.0 Å². The second-order valence-corrected chi connectivity index (χ2v) is 6.80. The van der Waals surface area contributed by atoms with Crippen molar-refractivity contribution in [1.82, 2.24) is 25.2 Å². The van der Waals surface area contributed by atoms with E-state index in [1.54, 1.807) is 0 Å². The summed E-state index contributed by atoms with van der Waals surface area (Å²) in [6.07, 6.45) is 0. The topological polar surface area (TPSA) is 46.0 Å². The monoisotopic (exact) mass is 349 g/mol. The summed E-state index contributed by atoms with van der Waals surface area (Å²) in [4.78, 5) is 3.98. The van der Waals surface area contributed by atoms with Crippen LogP contribution in [0, 0.1) is 6.92 Å². The molecule has 5 heteroatoms. The number of nitrogens with one attached hydrogen (secondary N) is 1. The first kappa shape index (κ1) is 18.3. The molecule has 1 heterocycles.